The summed E-state index contributed by atoms with van der Waals surface area (Å²) in [4.78, 5) is 7.93. The van der Waals surface area contributed by atoms with E-state index >= 15 is 0 Å². The minimum absolute atomic E-state index is 0.472. The Morgan fingerprint density at radius 2 is 2.24 bits per heavy atom. The molecular formula is C12H11N5. The molecule has 0 amide bonds. The van der Waals surface area contributed by atoms with Crippen molar-refractivity contribution in [1.29, 1.82) is 5.26 Å². The SMILES string of the molecule is N#Cc1ccc(NCc2ccncn2)cc1N. The molecule has 0 spiro atoms. The van der Waals surface area contributed by atoms with Crippen molar-refractivity contribution in [3.63, 3.8) is 0 Å². The van der Waals surface area contributed by atoms with Crippen LogP contribution in [0.25, 0.3) is 0 Å². The number of nitrogen functional groups attached to an aromatic ring is 1. The highest BCUT2D eigenvalue weighted by Crippen LogP contribution is 2.17. The smallest absolute Gasteiger partial charge is 0.115 e. The first-order valence-corrected chi connectivity index (χ1v) is 5.08. The number of nitrogens with two attached hydrogens (primary N) is 1. The molecule has 17 heavy (non-hydrogen) atoms. The van der Waals surface area contributed by atoms with Gasteiger partial charge in [-0.15, -0.1) is 0 Å². The Morgan fingerprint density at radius 3 is 2.88 bits per heavy atom. The van der Waals surface area contributed by atoms with E-state index < -0.39 is 0 Å². The Balaban J connectivity index is 2.06. The predicted octanol–water partition coefficient (Wildman–Crippen LogP) is 1.54. The molecule has 2 aromatic rings. The highest BCUT2D eigenvalue weighted by molar-refractivity contribution is 5.62. The Kier molecular flexibility index (Phi) is 3.17. The molecule has 5 heteroatoms. The highest BCUT2D eigenvalue weighted by atomic mass is 14.9. The molecule has 2 rings (SSSR count). The number of rotatable bonds is 3. The number of nitrogens with one attached hydrogen (secondary N) is 1. The maximum absolute atomic E-state index is 8.75. The van der Waals surface area contributed by atoms with Gasteiger partial charge >= 0.3 is 0 Å². The summed E-state index contributed by atoms with van der Waals surface area (Å²) in [6, 6.07) is 9.10. The lowest BCUT2D eigenvalue weighted by Crippen LogP contribution is -2.02. The average Bonchev–Trinajstić information content (AvgIpc) is 2.38. The van der Waals surface area contributed by atoms with Gasteiger partial charge in [0.15, 0.2) is 0 Å². The molecule has 5 nitrogen and oxygen atoms in total. The van der Waals surface area contributed by atoms with Crippen molar-refractivity contribution < 1.29 is 0 Å². The van der Waals surface area contributed by atoms with Crippen LogP contribution in [0.4, 0.5) is 11.4 Å². The van der Waals surface area contributed by atoms with E-state index in [0.29, 0.717) is 17.8 Å². The topological polar surface area (TPSA) is 87.6 Å². The van der Waals surface area contributed by atoms with Crippen LogP contribution in [0.1, 0.15) is 11.3 Å². The summed E-state index contributed by atoms with van der Waals surface area (Å²) in [5.41, 5.74) is 8.42. The first-order chi connectivity index (χ1) is 8.29. The first kappa shape index (κ1) is 10.9. The lowest BCUT2D eigenvalue weighted by atomic mass is 10.2. The van der Waals surface area contributed by atoms with Gasteiger partial charge in [0.2, 0.25) is 0 Å². The first-order valence-electron chi connectivity index (χ1n) is 5.08. The van der Waals surface area contributed by atoms with Gasteiger partial charge in [-0.05, 0) is 24.3 Å². The maximum Gasteiger partial charge on any atom is 0.115 e. The van der Waals surface area contributed by atoms with Crippen LogP contribution in [0.15, 0.2) is 36.8 Å². The summed E-state index contributed by atoms with van der Waals surface area (Å²) < 4.78 is 0. The number of anilines is 2. The molecule has 0 radical (unpaired) electrons. The van der Waals surface area contributed by atoms with Gasteiger partial charge in [0.05, 0.1) is 23.5 Å². The fourth-order valence-electron chi connectivity index (χ4n) is 1.39. The van der Waals surface area contributed by atoms with Gasteiger partial charge in [0, 0.05) is 11.9 Å². The van der Waals surface area contributed by atoms with E-state index in [9.17, 15) is 0 Å². The maximum atomic E-state index is 8.75. The van der Waals surface area contributed by atoms with E-state index in [4.69, 9.17) is 11.0 Å². The summed E-state index contributed by atoms with van der Waals surface area (Å²) in [5, 5.41) is 11.9. The fourth-order valence-corrected chi connectivity index (χ4v) is 1.39. The minimum Gasteiger partial charge on any atom is -0.398 e. The van der Waals surface area contributed by atoms with Gasteiger partial charge in [-0.3, -0.25) is 0 Å². The van der Waals surface area contributed by atoms with Crippen LogP contribution < -0.4 is 11.1 Å². The third kappa shape index (κ3) is 2.69. The molecule has 1 heterocycles. The zero-order valence-corrected chi connectivity index (χ0v) is 9.09. The van der Waals surface area contributed by atoms with Gasteiger partial charge in [-0.1, -0.05) is 0 Å². The van der Waals surface area contributed by atoms with Gasteiger partial charge in [-0.2, -0.15) is 5.26 Å². The lowest BCUT2D eigenvalue weighted by Gasteiger charge is -2.07. The Bertz CT molecular complexity index is 545. The predicted molar refractivity (Wildman–Crippen MR) is 64.9 cm³/mol. The van der Waals surface area contributed by atoms with E-state index in [0.717, 1.165) is 11.4 Å². The summed E-state index contributed by atoms with van der Waals surface area (Å²) in [5.74, 6) is 0. The summed E-state index contributed by atoms with van der Waals surface area (Å²) in [7, 11) is 0. The van der Waals surface area contributed by atoms with E-state index in [1.165, 1.54) is 6.33 Å². The van der Waals surface area contributed by atoms with E-state index in [-0.39, 0.29) is 0 Å². The van der Waals surface area contributed by atoms with Crippen molar-refractivity contribution in [1.82, 2.24) is 9.97 Å². The van der Waals surface area contributed by atoms with Gasteiger partial charge in [0.25, 0.3) is 0 Å². The summed E-state index contributed by atoms with van der Waals surface area (Å²) in [6.45, 7) is 0.591. The van der Waals surface area contributed by atoms with Crippen LogP contribution in [0, 0.1) is 11.3 Å². The van der Waals surface area contributed by atoms with Gasteiger partial charge in [-0.25, -0.2) is 9.97 Å². The number of benzene rings is 1. The second-order valence-electron chi connectivity index (χ2n) is 3.47. The second-order valence-corrected chi connectivity index (χ2v) is 3.47. The van der Waals surface area contributed by atoms with Crippen LogP contribution in [0.5, 0.6) is 0 Å². The molecule has 0 aliphatic heterocycles. The second kappa shape index (κ2) is 4.94. The van der Waals surface area contributed by atoms with Crippen molar-refractivity contribution in [2.75, 3.05) is 11.1 Å². The van der Waals surface area contributed by atoms with Crippen LogP contribution in [0.2, 0.25) is 0 Å². The fraction of sp³-hybridized carbons (Fsp3) is 0.0833. The van der Waals surface area contributed by atoms with Gasteiger partial charge < -0.3 is 11.1 Å². The third-order valence-corrected chi connectivity index (χ3v) is 2.29. The standard InChI is InChI=1S/C12H11N5/c13-6-9-1-2-10(5-12(9)14)16-7-11-3-4-15-8-17-11/h1-5,8,16H,7,14H2. The van der Waals surface area contributed by atoms with Gasteiger partial charge in [0.1, 0.15) is 12.4 Å². The van der Waals surface area contributed by atoms with Crippen LogP contribution in [-0.4, -0.2) is 9.97 Å². The minimum atomic E-state index is 0.472. The molecule has 0 saturated heterocycles. The molecule has 0 aliphatic rings. The lowest BCUT2D eigenvalue weighted by molar-refractivity contribution is 1.01. The number of aromatic nitrogens is 2. The Labute approximate surface area is 98.9 Å². The summed E-state index contributed by atoms with van der Waals surface area (Å²) >= 11 is 0. The largest absolute Gasteiger partial charge is 0.398 e. The van der Waals surface area contributed by atoms with Crippen molar-refractivity contribution >= 4 is 11.4 Å². The third-order valence-electron chi connectivity index (χ3n) is 2.29. The van der Waals surface area contributed by atoms with Crippen molar-refractivity contribution in [3.8, 4) is 6.07 Å². The molecule has 0 saturated carbocycles. The van der Waals surface area contributed by atoms with Crippen molar-refractivity contribution in [2.45, 2.75) is 6.54 Å². The highest BCUT2D eigenvalue weighted by Gasteiger charge is 2.00. The molecule has 0 fully saturated rings. The quantitative estimate of drug-likeness (QED) is 0.773. The van der Waals surface area contributed by atoms with Crippen LogP contribution >= 0.6 is 0 Å². The molecule has 0 atom stereocenters. The number of hydrogen-bond donors (Lipinski definition) is 2. The molecule has 84 valence electrons. The Morgan fingerprint density at radius 1 is 1.35 bits per heavy atom. The molecule has 0 bridgehead atoms. The number of hydrogen-bond acceptors (Lipinski definition) is 5. The Hall–Kier alpha value is -2.61. The van der Waals surface area contributed by atoms with E-state index in [1.807, 2.05) is 18.2 Å². The zero-order chi connectivity index (χ0) is 12.1. The average molecular weight is 225 g/mol. The molecule has 0 unspecified atom stereocenters. The van der Waals surface area contributed by atoms with E-state index in [2.05, 4.69) is 15.3 Å². The van der Waals surface area contributed by atoms with E-state index in [1.54, 1.807) is 18.3 Å². The van der Waals surface area contributed by atoms with Crippen LogP contribution in [-0.2, 0) is 6.54 Å². The van der Waals surface area contributed by atoms with Crippen molar-refractivity contribution in [3.05, 3.63) is 48.0 Å². The normalized spacial score (nSPS) is 9.59. The zero-order valence-electron chi connectivity index (χ0n) is 9.09. The summed E-state index contributed by atoms with van der Waals surface area (Å²) in [6.07, 6.45) is 3.20. The number of nitriles is 1. The van der Waals surface area contributed by atoms with Crippen LogP contribution in [0.3, 0.4) is 0 Å². The molecule has 3 N–H and O–H groups in total. The number of nitrogens with zero attached hydrogens (tertiary/aromatic N) is 3. The molecule has 1 aromatic carbocycles. The monoisotopic (exact) mass is 225 g/mol. The molecule has 1 aromatic heterocycles. The molecule has 0 aliphatic carbocycles. The molecular weight excluding hydrogens is 214 g/mol. The van der Waals surface area contributed by atoms with Crippen molar-refractivity contribution in [2.24, 2.45) is 0 Å².